The number of Topliss-reactive ketones (excluding diaryl/α,β-unsaturated/α-hetero) is 1. The molecule has 2 spiro atoms. The van der Waals surface area contributed by atoms with Gasteiger partial charge in [0.15, 0.2) is 0 Å². The third-order valence-corrected chi connectivity index (χ3v) is 12.9. The standard InChI is InChI=1S/C28H40O8/c1-12-13(2)28(36-22(12)31)23(32)26(5,33)21-17(34-28)11-16-14-10-20-27(35-20)19(30)7-6-18(29)25(27,4)15(14)8-9-24(16,21)3/h12-17,19-21,23,30,32-33H,6-11H2,1-5H3/t12-,13-,14+,15-,16-,17+,19+,20-,21+,23+,24+,25+,26-,27-,28-/m1/s1. The van der Waals surface area contributed by atoms with Crippen molar-refractivity contribution < 1.29 is 39.1 Å². The molecule has 4 saturated carbocycles. The monoisotopic (exact) mass is 504 g/mol. The Morgan fingerprint density at radius 3 is 2.36 bits per heavy atom. The number of carbonyl (C=O) groups excluding carboxylic acids is 2. The second-order valence-electron chi connectivity index (χ2n) is 14.0. The summed E-state index contributed by atoms with van der Waals surface area (Å²) in [7, 11) is 0. The van der Waals surface area contributed by atoms with Gasteiger partial charge in [-0.3, -0.25) is 9.59 Å². The van der Waals surface area contributed by atoms with E-state index in [1.807, 2.05) is 13.8 Å². The molecule has 0 amide bonds. The minimum Gasteiger partial charge on any atom is -0.429 e. The van der Waals surface area contributed by atoms with Crippen LogP contribution in [0.1, 0.15) is 73.1 Å². The molecule has 3 saturated heterocycles. The summed E-state index contributed by atoms with van der Waals surface area (Å²) < 4.78 is 18.6. The van der Waals surface area contributed by atoms with Crippen LogP contribution in [0.5, 0.6) is 0 Å². The molecule has 0 aromatic heterocycles. The summed E-state index contributed by atoms with van der Waals surface area (Å²) in [4.78, 5) is 26.0. The number of epoxide rings is 1. The predicted octanol–water partition coefficient (Wildman–Crippen LogP) is 1.96. The van der Waals surface area contributed by atoms with Crippen LogP contribution in [0.3, 0.4) is 0 Å². The number of ether oxygens (including phenoxy) is 3. The zero-order valence-electron chi connectivity index (χ0n) is 21.9. The van der Waals surface area contributed by atoms with Gasteiger partial charge in [0.2, 0.25) is 5.79 Å². The molecule has 8 nitrogen and oxygen atoms in total. The first-order valence-electron chi connectivity index (χ1n) is 14.0. The van der Waals surface area contributed by atoms with Gasteiger partial charge in [0.25, 0.3) is 0 Å². The summed E-state index contributed by atoms with van der Waals surface area (Å²) in [6.45, 7) is 9.55. The molecule has 7 fully saturated rings. The number of hydrogen-bond acceptors (Lipinski definition) is 8. The van der Waals surface area contributed by atoms with Gasteiger partial charge in [-0.15, -0.1) is 0 Å². The molecule has 3 N–H and O–H groups in total. The minimum absolute atomic E-state index is 0.101. The number of esters is 1. The van der Waals surface area contributed by atoms with Crippen LogP contribution < -0.4 is 0 Å². The average molecular weight is 505 g/mol. The van der Waals surface area contributed by atoms with Crippen LogP contribution in [0.25, 0.3) is 0 Å². The highest BCUT2D eigenvalue weighted by molar-refractivity contribution is 5.88. The van der Waals surface area contributed by atoms with Crippen molar-refractivity contribution in [2.75, 3.05) is 0 Å². The Hall–Kier alpha value is -1.06. The van der Waals surface area contributed by atoms with Crippen molar-refractivity contribution in [3.8, 4) is 0 Å². The maximum absolute atomic E-state index is 13.5. The lowest BCUT2D eigenvalue weighted by atomic mass is 9.43. The first-order valence-corrected chi connectivity index (χ1v) is 14.0. The van der Waals surface area contributed by atoms with Gasteiger partial charge in [0.1, 0.15) is 23.1 Å². The fourth-order valence-corrected chi connectivity index (χ4v) is 10.9. The molecule has 3 aliphatic heterocycles. The molecule has 8 heteroatoms. The van der Waals surface area contributed by atoms with Gasteiger partial charge < -0.3 is 29.5 Å². The van der Waals surface area contributed by atoms with E-state index in [-0.39, 0.29) is 47.1 Å². The van der Waals surface area contributed by atoms with Crippen LogP contribution >= 0.6 is 0 Å². The van der Waals surface area contributed by atoms with Crippen molar-refractivity contribution in [1.82, 2.24) is 0 Å². The van der Waals surface area contributed by atoms with Crippen LogP contribution in [-0.4, -0.2) is 68.5 Å². The van der Waals surface area contributed by atoms with Crippen molar-refractivity contribution in [1.29, 1.82) is 0 Å². The van der Waals surface area contributed by atoms with Crippen molar-refractivity contribution in [3.63, 3.8) is 0 Å². The van der Waals surface area contributed by atoms with Gasteiger partial charge in [-0.2, -0.15) is 0 Å². The highest BCUT2D eigenvalue weighted by Crippen LogP contribution is 2.75. The zero-order valence-corrected chi connectivity index (χ0v) is 21.9. The summed E-state index contributed by atoms with van der Waals surface area (Å²) in [6, 6.07) is 0. The van der Waals surface area contributed by atoms with Crippen LogP contribution in [-0.2, 0) is 23.8 Å². The summed E-state index contributed by atoms with van der Waals surface area (Å²) in [5.41, 5.74) is -3.26. The molecule has 3 heterocycles. The van der Waals surface area contributed by atoms with E-state index in [0.717, 1.165) is 19.3 Å². The Balaban J connectivity index is 1.27. The highest BCUT2D eigenvalue weighted by atomic mass is 16.7. The van der Waals surface area contributed by atoms with E-state index in [1.165, 1.54) is 0 Å². The van der Waals surface area contributed by atoms with E-state index in [4.69, 9.17) is 14.2 Å². The van der Waals surface area contributed by atoms with Crippen LogP contribution in [0.4, 0.5) is 0 Å². The summed E-state index contributed by atoms with van der Waals surface area (Å²) in [5.74, 6) is -2.45. The van der Waals surface area contributed by atoms with E-state index < -0.39 is 52.4 Å². The molecule has 15 atom stereocenters. The lowest BCUT2D eigenvalue weighted by molar-refractivity contribution is -0.368. The van der Waals surface area contributed by atoms with Crippen molar-refractivity contribution in [2.45, 2.75) is 115 Å². The summed E-state index contributed by atoms with van der Waals surface area (Å²) in [6.07, 6.45) is 1.48. The number of ketones is 1. The molecule has 200 valence electrons. The molecule has 36 heavy (non-hydrogen) atoms. The largest absolute Gasteiger partial charge is 0.429 e. The van der Waals surface area contributed by atoms with Gasteiger partial charge in [-0.25, -0.2) is 0 Å². The molecule has 0 bridgehead atoms. The first-order chi connectivity index (χ1) is 16.8. The van der Waals surface area contributed by atoms with E-state index >= 15 is 0 Å². The van der Waals surface area contributed by atoms with Crippen molar-refractivity contribution in [3.05, 3.63) is 0 Å². The number of aliphatic hydroxyl groups is 3. The fraction of sp³-hybridized carbons (Fsp3) is 0.929. The van der Waals surface area contributed by atoms with E-state index in [9.17, 15) is 24.9 Å². The third-order valence-electron chi connectivity index (χ3n) is 12.9. The Kier molecular flexibility index (Phi) is 4.49. The topological polar surface area (TPSA) is 126 Å². The van der Waals surface area contributed by atoms with Gasteiger partial charge in [0.05, 0.1) is 29.6 Å². The predicted molar refractivity (Wildman–Crippen MR) is 125 cm³/mol. The maximum Gasteiger partial charge on any atom is 0.311 e. The Morgan fingerprint density at radius 1 is 0.972 bits per heavy atom. The fourth-order valence-electron chi connectivity index (χ4n) is 10.9. The molecule has 7 rings (SSSR count). The lowest BCUT2D eigenvalue weighted by Gasteiger charge is -2.60. The molecule has 4 aliphatic carbocycles. The Labute approximate surface area is 212 Å². The van der Waals surface area contributed by atoms with Gasteiger partial charge in [-0.1, -0.05) is 20.8 Å². The van der Waals surface area contributed by atoms with Crippen molar-refractivity contribution >= 4 is 11.8 Å². The highest BCUT2D eigenvalue weighted by Gasteiger charge is 2.82. The summed E-state index contributed by atoms with van der Waals surface area (Å²) in [5, 5.41) is 34.5. The second-order valence-corrected chi connectivity index (χ2v) is 14.0. The van der Waals surface area contributed by atoms with E-state index in [0.29, 0.717) is 19.3 Å². The number of rotatable bonds is 0. The van der Waals surface area contributed by atoms with Crippen LogP contribution in [0.15, 0.2) is 0 Å². The van der Waals surface area contributed by atoms with Gasteiger partial charge in [-0.05, 0) is 69.1 Å². The smallest absolute Gasteiger partial charge is 0.311 e. The first kappa shape index (κ1) is 24.0. The molecular weight excluding hydrogens is 464 g/mol. The number of fused-ring (bicyclic) bond motifs is 6. The third kappa shape index (κ3) is 2.34. The quantitative estimate of drug-likeness (QED) is 0.338. The Morgan fingerprint density at radius 2 is 1.69 bits per heavy atom. The number of hydrogen-bond donors (Lipinski definition) is 3. The molecule has 0 aromatic carbocycles. The average Bonchev–Trinajstić information content (AvgIpc) is 3.42. The van der Waals surface area contributed by atoms with E-state index in [1.54, 1.807) is 13.8 Å². The summed E-state index contributed by atoms with van der Waals surface area (Å²) >= 11 is 0. The molecule has 0 unspecified atom stereocenters. The van der Waals surface area contributed by atoms with Crippen LogP contribution in [0.2, 0.25) is 0 Å². The molecule has 7 aliphatic rings. The van der Waals surface area contributed by atoms with Gasteiger partial charge in [0, 0.05) is 18.3 Å². The normalized spacial score (nSPS) is 65.2. The zero-order chi connectivity index (χ0) is 25.8. The SMILES string of the molecule is C[C@@H]1[C@@H](C)C(=O)O[C@]12O[C@H]1C[C@@H]3[C@H]4C[C@H]5O[C@]56[C@@H](O)CCC(=O)[C@]6(C)[C@@H]4CC[C@]3(C)[C@H]1[C@@](C)(O)[C@@H]2O. The van der Waals surface area contributed by atoms with Crippen molar-refractivity contribution in [2.24, 2.45) is 46.3 Å². The maximum atomic E-state index is 13.5. The van der Waals surface area contributed by atoms with E-state index in [2.05, 4.69) is 6.92 Å². The lowest BCUT2D eigenvalue weighted by Crippen LogP contribution is -2.71. The van der Waals surface area contributed by atoms with Crippen LogP contribution in [0, 0.1) is 46.3 Å². The Bertz CT molecular complexity index is 1040. The number of carbonyl (C=O) groups is 2. The van der Waals surface area contributed by atoms with Gasteiger partial charge >= 0.3 is 5.97 Å². The molecule has 0 aromatic rings. The second kappa shape index (κ2) is 6.74. The number of aliphatic hydroxyl groups excluding tert-OH is 2. The molecule has 0 radical (unpaired) electrons. The minimum atomic E-state index is -1.55. The molecular formula is C28H40O8.